The van der Waals surface area contributed by atoms with Gasteiger partial charge in [-0.2, -0.15) is 0 Å². The Kier molecular flexibility index (Phi) is 5.57. The minimum absolute atomic E-state index is 0.858. The van der Waals surface area contributed by atoms with Crippen LogP contribution in [-0.2, 0) is 0 Å². The molecule has 2 aromatic heterocycles. The first-order valence-corrected chi connectivity index (χ1v) is 15.9. The van der Waals surface area contributed by atoms with Gasteiger partial charge in [0.1, 0.15) is 22.3 Å². The molecule has 10 rings (SSSR count). The highest BCUT2D eigenvalue weighted by atomic mass is 16.3. The molecule has 2 heterocycles. The molecule has 0 N–H and O–H groups in total. The van der Waals surface area contributed by atoms with Crippen LogP contribution in [0, 0.1) is 0 Å². The average molecular weight is 602 g/mol. The highest BCUT2D eigenvalue weighted by Crippen LogP contribution is 2.45. The monoisotopic (exact) mass is 601 g/mol. The molecule has 0 fully saturated rings. The van der Waals surface area contributed by atoms with Crippen molar-refractivity contribution in [3.8, 4) is 11.1 Å². The number of furan rings is 2. The molecule has 3 heteroatoms. The number of hydrogen-bond donors (Lipinski definition) is 0. The summed E-state index contributed by atoms with van der Waals surface area (Å²) in [6.45, 7) is 0. The smallest absolute Gasteiger partial charge is 0.143 e. The van der Waals surface area contributed by atoms with E-state index in [-0.39, 0.29) is 0 Å². The quantitative estimate of drug-likeness (QED) is 0.201. The van der Waals surface area contributed by atoms with Crippen molar-refractivity contribution in [3.05, 3.63) is 164 Å². The molecule has 0 aliphatic heterocycles. The minimum atomic E-state index is 0.858. The van der Waals surface area contributed by atoms with Gasteiger partial charge in [-0.25, -0.2) is 0 Å². The van der Waals surface area contributed by atoms with Crippen LogP contribution in [0.1, 0.15) is 0 Å². The Morgan fingerprint density at radius 3 is 1.91 bits per heavy atom. The van der Waals surface area contributed by atoms with Crippen LogP contribution in [0.4, 0.5) is 17.1 Å². The van der Waals surface area contributed by atoms with Crippen LogP contribution in [0.25, 0.3) is 76.5 Å². The summed E-state index contributed by atoms with van der Waals surface area (Å²) in [7, 11) is 0. The van der Waals surface area contributed by atoms with Crippen molar-refractivity contribution in [2.45, 2.75) is 0 Å². The summed E-state index contributed by atoms with van der Waals surface area (Å²) < 4.78 is 13.0. The maximum absolute atomic E-state index is 6.61. The lowest BCUT2D eigenvalue weighted by Crippen LogP contribution is -2.10. The second-order valence-corrected chi connectivity index (χ2v) is 12.1. The van der Waals surface area contributed by atoms with Crippen molar-refractivity contribution >= 4 is 82.5 Å². The molecule has 0 saturated heterocycles. The molecule has 0 aliphatic carbocycles. The molecule has 0 aliphatic rings. The van der Waals surface area contributed by atoms with Gasteiger partial charge < -0.3 is 13.7 Å². The topological polar surface area (TPSA) is 29.5 Å². The maximum Gasteiger partial charge on any atom is 0.143 e. The first-order valence-electron chi connectivity index (χ1n) is 15.9. The molecule has 8 aromatic carbocycles. The average Bonchev–Trinajstić information content (AvgIpc) is 3.71. The van der Waals surface area contributed by atoms with Gasteiger partial charge in [-0.3, -0.25) is 0 Å². The fourth-order valence-electron chi connectivity index (χ4n) is 7.17. The molecule has 0 spiro atoms. The van der Waals surface area contributed by atoms with E-state index in [1.165, 1.54) is 21.9 Å². The largest absolute Gasteiger partial charge is 0.456 e. The van der Waals surface area contributed by atoms with Crippen LogP contribution < -0.4 is 4.90 Å². The zero-order valence-corrected chi connectivity index (χ0v) is 25.4. The highest BCUT2D eigenvalue weighted by molar-refractivity contribution is 6.19. The summed E-state index contributed by atoms with van der Waals surface area (Å²) in [6.07, 6.45) is 0. The number of benzene rings is 8. The number of nitrogens with zero attached hydrogens (tertiary/aromatic N) is 1. The van der Waals surface area contributed by atoms with Gasteiger partial charge >= 0.3 is 0 Å². The van der Waals surface area contributed by atoms with Crippen molar-refractivity contribution in [2.24, 2.45) is 0 Å². The first kappa shape index (κ1) is 26.0. The van der Waals surface area contributed by atoms with Gasteiger partial charge in [0, 0.05) is 39.0 Å². The molecule has 0 radical (unpaired) electrons. The second kappa shape index (κ2) is 10.1. The lowest BCUT2D eigenvalue weighted by molar-refractivity contribution is 0.669. The van der Waals surface area contributed by atoms with Gasteiger partial charge in [-0.15, -0.1) is 0 Å². The van der Waals surface area contributed by atoms with E-state index in [4.69, 9.17) is 8.83 Å². The minimum Gasteiger partial charge on any atom is -0.456 e. The fourth-order valence-corrected chi connectivity index (χ4v) is 7.17. The van der Waals surface area contributed by atoms with Crippen molar-refractivity contribution in [1.29, 1.82) is 0 Å². The number of para-hydroxylation sites is 1. The zero-order chi connectivity index (χ0) is 30.9. The third-order valence-electron chi connectivity index (χ3n) is 9.43. The van der Waals surface area contributed by atoms with Crippen molar-refractivity contribution in [1.82, 2.24) is 0 Å². The third-order valence-corrected chi connectivity index (χ3v) is 9.43. The van der Waals surface area contributed by atoms with E-state index in [1.54, 1.807) is 0 Å². The summed E-state index contributed by atoms with van der Waals surface area (Å²) >= 11 is 0. The van der Waals surface area contributed by atoms with Gasteiger partial charge in [0.05, 0.1) is 11.1 Å². The predicted octanol–water partition coefficient (Wildman–Crippen LogP) is 12.9. The van der Waals surface area contributed by atoms with Gasteiger partial charge in [0.15, 0.2) is 0 Å². The highest BCUT2D eigenvalue weighted by Gasteiger charge is 2.21. The van der Waals surface area contributed by atoms with E-state index in [0.717, 1.165) is 71.7 Å². The molecule has 0 amide bonds. The van der Waals surface area contributed by atoms with Gasteiger partial charge in [0.2, 0.25) is 0 Å². The first-order chi connectivity index (χ1) is 23.3. The Bertz CT molecular complexity index is 2800. The number of hydrogen-bond acceptors (Lipinski definition) is 3. The van der Waals surface area contributed by atoms with Gasteiger partial charge in [-0.05, 0) is 81.9 Å². The summed E-state index contributed by atoms with van der Waals surface area (Å²) in [5.41, 5.74) is 8.99. The molecule has 10 aromatic rings. The van der Waals surface area contributed by atoms with Gasteiger partial charge in [-0.1, -0.05) is 103 Å². The number of fused-ring (bicyclic) bond motifs is 9. The molecule has 220 valence electrons. The van der Waals surface area contributed by atoms with Crippen LogP contribution in [0.5, 0.6) is 0 Å². The number of rotatable bonds is 4. The number of anilines is 3. The molecule has 3 nitrogen and oxygen atoms in total. The van der Waals surface area contributed by atoms with E-state index in [1.807, 2.05) is 12.1 Å². The Morgan fingerprint density at radius 2 is 1.02 bits per heavy atom. The standard InChI is InChI=1S/C44H27NO2/c1-2-10-31-26-32(17-16-28(31)8-1)29-18-21-33(22-19-29)45(34-23-25-37-36-12-5-6-14-40(36)46-42(37)27-34)39-13-7-15-41-43(39)38-24-20-30-9-3-4-11-35(30)44(38)47-41/h1-27H. The molecule has 0 unspecified atom stereocenters. The Labute approximate surface area is 270 Å². The Balaban J connectivity index is 1.19. The van der Waals surface area contributed by atoms with Gasteiger partial charge in [0.25, 0.3) is 0 Å². The molecular formula is C44H27NO2. The lowest BCUT2D eigenvalue weighted by atomic mass is 10.0. The summed E-state index contributed by atoms with van der Waals surface area (Å²) in [6, 6.07) is 57.9. The molecule has 47 heavy (non-hydrogen) atoms. The third kappa shape index (κ3) is 4.07. The van der Waals surface area contributed by atoms with E-state index in [2.05, 4.69) is 157 Å². The lowest BCUT2D eigenvalue weighted by Gasteiger charge is -2.26. The van der Waals surface area contributed by atoms with Crippen LogP contribution in [-0.4, -0.2) is 0 Å². The van der Waals surface area contributed by atoms with Crippen molar-refractivity contribution in [2.75, 3.05) is 4.90 Å². The predicted molar refractivity (Wildman–Crippen MR) is 196 cm³/mol. The van der Waals surface area contributed by atoms with Crippen LogP contribution in [0.2, 0.25) is 0 Å². The Hall–Kier alpha value is -6.32. The normalized spacial score (nSPS) is 11.8. The van der Waals surface area contributed by atoms with Crippen LogP contribution >= 0.6 is 0 Å². The summed E-state index contributed by atoms with van der Waals surface area (Å²) in [4.78, 5) is 2.32. The van der Waals surface area contributed by atoms with E-state index < -0.39 is 0 Å². The van der Waals surface area contributed by atoms with E-state index >= 15 is 0 Å². The van der Waals surface area contributed by atoms with E-state index in [9.17, 15) is 0 Å². The SMILES string of the molecule is c1ccc2cc(-c3ccc(N(c4ccc5c(c4)oc4ccccc45)c4cccc5oc6c7ccccc7ccc6c45)cc3)ccc2c1. The van der Waals surface area contributed by atoms with E-state index in [0.29, 0.717) is 0 Å². The van der Waals surface area contributed by atoms with Crippen molar-refractivity contribution in [3.63, 3.8) is 0 Å². The molecular weight excluding hydrogens is 574 g/mol. The van der Waals surface area contributed by atoms with Crippen LogP contribution in [0.3, 0.4) is 0 Å². The fraction of sp³-hybridized carbons (Fsp3) is 0. The summed E-state index contributed by atoms with van der Waals surface area (Å²) in [5.74, 6) is 0. The molecule has 0 saturated carbocycles. The maximum atomic E-state index is 6.61. The van der Waals surface area contributed by atoms with Crippen molar-refractivity contribution < 1.29 is 8.83 Å². The zero-order valence-electron chi connectivity index (χ0n) is 25.4. The Morgan fingerprint density at radius 1 is 0.362 bits per heavy atom. The molecule has 0 bridgehead atoms. The second-order valence-electron chi connectivity index (χ2n) is 12.1. The van der Waals surface area contributed by atoms with Crippen LogP contribution in [0.15, 0.2) is 173 Å². The molecule has 0 atom stereocenters. The summed E-state index contributed by atoms with van der Waals surface area (Å²) in [5, 5.41) is 9.16.